The summed E-state index contributed by atoms with van der Waals surface area (Å²) in [6, 6.07) is 4.33. The average molecular weight is 340 g/mol. The van der Waals surface area contributed by atoms with Crippen molar-refractivity contribution in [2.24, 2.45) is 5.92 Å². The van der Waals surface area contributed by atoms with Gasteiger partial charge in [0.2, 0.25) is 5.95 Å². The fourth-order valence-corrected chi connectivity index (χ4v) is 2.73. The number of rotatable bonds is 4. The van der Waals surface area contributed by atoms with Gasteiger partial charge in [0.1, 0.15) is 5.82 Å². The molecule has 7 heteroatoms. The van der Waals surface area contributed by atoms with Gasteiger partial charge in [-0.15, -0.1) is 0 Å². The summed E-state index contributed by atoms with van der Waals surface area (Å²) in [4.78, 5) is 7.59. The Balaban J connectivity index is 1.80. The minimum atomic E-state index is -0.778. The summed E-state index contributed by atoms with van der Waals surface area (Å²) in [5.74, 6) is -0.352. The Kier molecular flexibility index (Phi) is 5.03. The first kappa shape index (κ1) is 16.1. The van der Waals surface area contributed by atoms with Crippen LogP contribution in [-0.4, -0.2) is 29.7 Å². The topological polar surface area (TPSA) is 47.0 Å². The first-order valence-electron chi connectivity index (χ1n) is 7.43. The van der Waals surface area contributed by atoms with E-state index < -0.39 is 11.8 Å². The fourth-order valence-electron chi connectivity index (χ4n) is 2.52. The summed E-state index contributed by atoms with van der Waals surface area (Å²) >= 11 is 6.09. The third-order valence-electron chi connectivity index (χ3n) is 3.84. The van der Waals surface area contributed by atoms with E-state index in [1.54, 1.807) is 12.1 Å². The molecule has 0 unspecified atom stereocenters. The van der Waals surface area contributed by atoms with Crippen LogP contribution in [0.15, 0.2) is 24.4 Å². The third kappa shape index (κ3) is 3.95. The first-order chi connectivity index (χ1) is 11.1. The number of hydrogen-bond acceptors (Lipinski definition) is 4. The standard InChI is InChI=1S/C16H16ClF2N3O/c17-12-1-2-15(21-8-10-3-5-23-6-4-10)22-16(12)11-7-14(19)20-9-13(11)18/h1-2,7,9-10H,3-6,8H2,(H,21,22). The van der Waals surface area contributed by atoms with Crippen molar-refractivity contribution in [3.05, 3.63) is 41.2 Å². The van der Waals surface area contributed by atoms with E-state index in [0.29, 0.717) is 11.7 Å². The Hall–Kier alpha value is -1.79. The Labute approximate surface area is 137 Å². The molecule has 1 aliphatic rings. The summed E-state index contributed by atoms with van der Waals surface area (Å²) in [7, 11) is 0. The van der Waals surface area contributed by atoms with Crippen molar-refractivity contribution in [2.75, 3.05) is 25.1 Å². The van der Waals surface area contributed by atoms with Crippen molar-refractivity contribution < 1.29 is 13.5 Å². The summed E-state index contributed by atoms with van der Waals surface area (Å²) in [5.41, 5.74) is 0.194. The Morgan fingerprint density at radius 1 is 1.26 bits per heavy atom. The predicted octanol–water partition coefficient (Wildman–Crippen LogP) is 3.91. The third-order valence-corrected chi connectivity index (χ3v) is 4.14. The van der Waals surface area contributed by atoms with Crippen LogP contribution in [0.1, 0.15) is 12.8 Å². The number of halogens is 3. The van der Waals surface area contributed by atoms with Crippen molar-refractivity contribution in [1.29, 1.82) is 0 Å². The lowest BCUT2D eigenvalue weighted by Gasteiger charge is -2.22. The SMILES string of the molecule is Fc1cc(-c2nc(NCC3CCOCC3)ccc2Cl)c(F)cn1. The first-order valence-corrected chi connectivity index (χ1v) is 7.81. The molecule has 3 rings (SSSR count). The number of anilines is 1. The van der Waals surface area contributed by atoms with Crippen molar-refractivity contribution in [1.82, 2.24) is 9.97 Å². The number of hydrogen-bond donors (Lipinski definition) is 1. The highest BCUT2D eigenvalue weighted by atomic mass is 35.5. The predicted molar refractivity (Wildman–Crippen MR) is 84.4 cm³/mol. The molecule has 0 radical (unpaired) electrons. The molecule has 2 aromatic heterocycles. The van der Waals surface area contributed by atoms with Crippen LogP contribution >= 0.6 is 11.6 Å². The van der Waals surface area contributed by atoms with Crippen LogP contribution in [0, 0.1) is 17.7 Å². The van der Waals surface area contributed by atoms with Gasteiger partial charge in [-0.1, -0.05) is 11.6 Å². The molecule has 0 saturated carbocycles. The van der Waals surface area contributed by atoms with Gasteiger partial charge < -0.3 is 10.1 Å². The number of ether oxygens (including phenoxy) is 1. The van der Waals surface area contributed by atoms with Gasteiger partial charge in [0.15, 0.2) is 5.82 Å². The van der Waals surface area contributed by atoms with Gasteiger partial charge in [-0.2, -0.15) is 4.39 Å². The maximum Gasteiger partial charge on any atom is 0.213 e. The van der Waals surface area contributed by atoms with Crippen LogP contribution in [0.25, 0.3) is 11.3 Å². The minimum absolute atomic E-state index is 0.00258. The lowest BCUT2D eigenvalue weighted by atomic mass is 10.0. The average Bonchev–Trinajstić information content (AvgIpc) is 2.57. The zero-order chi connectivity index (χ0) is 16.2. The normalized spacial score (nSPS) is 15.6. The van der Waals surface area contributed by atoms with Crippen LogP contribution in [0.2, 0.25) is 5.02 Å². The highest BCUT2D eigenvalue weighted by Gasteiger charge is 2.16. The number of aromatic nitrogens is 2. The lowest BCUT2D eigenvalue weighted by Crippen LogP contribution is -2.22. The molecule has 4 nitrogen and oxygen atoms in total. The Morgan fingerprint density at radius 3 is 2.83 bits per heavy atom. The maximum absolute atomic E-state index is 13.9. The van der Waals surface area contributed by atoms with Crippen LogP contribution in [-0.2, 0) is 4.74 Å². The molecule has 1 fully saturated rings. The molecular formula is C16H16ClF2N3O. The van der Waals surface area contributed by atoms with Crippen molar-refractivity contribution in [2.45, 2.75) is 12.8 Å². The molecule has 0 bridgehead atoms. The quantitative estimate of drug-likeness (QED) is 0.858. The Morgan fingerprint density at radius 2 is 2.04 bits per heavy atom. The van der Waals surface area contributed by atoms with Gasteiger partial charge in [0, 0.05) is 31.4 Å². The van der Waals surface area contributed by atoms with Crippen molar-refractivity contribution in [3.63, 3.8) is 0 Å². The second-order valence-electron chi connectivity index (χ2n) is 5.45. The summed E-state index contributed by atoms with van der Waals surface area (Å²) in [5, 5.41) is 3.48. The van der Waals surface area contributed by atoms with E-state index in [-0.39, 0.29) is 16.3 Å². The smallest absolute Gasteiger partial charge is 0.213 e. The van der Waals surface area contributed by atoms with E-state index >= 15 is 0 Å². The second-order valence-corrected chi connectivity index (χ2v) is 5.86. The summed E-state index contributed by atoms with van der Waals surface area (Å²) < 4.78 is 32.5. The summed E-state index contributed by atoms with van der Waals surface area (Å²) in [6.45, 7) is 2.30. The Bertz CT molecular complexity index is 693. The van der Waals surface area contributed by atoms with E-state index in [1.807, 2.05) is 0 Å². The zero-order valence-electron chi connectivity index (χ0n) is 12.4. The molecule has 0 atom stereocenters. The van der Waals surface area contributed by atoms with Gasteiger partial charge in [-0.05, 0) is 30.9 Å². The molecule has 122 valence electrons. The number of pyridine rings is 2. The van der Waals surface area contributed by atoms with Crippen molar-refractivity contribution in [3.8, 4) is 11.3 Å². The molecular weight excluding hydrogens is 324 g/mol. The number of nitrogens with zero attached hydrogens (tertiary/aromatic N) is 2. The van der Waals surface area contributed by atoms with Crippen LogP contribution in [0.3, 0.4) is 0 Å². The monoisotopic (exact) mass is 339 g/mol. The van der Waals surface area contributed by atoms with Crippen LogP contribution < -0.4 is 5.32 Å². The highest BCUT2D eigenvalue weighted by molar-refractivity contribution is 6.33. The summed E-state index contributed by atoms with van der Waals surface area (Å²) in [6.07, 6.45) is 2.82. The molecule has 0 amide bonds. The minimum Gasteiger partial charge on any atom is -0.381 e. The van der Waals surface area contributed by atoms with Gasteiger partial charge in [0.25, 0.3) is 0 Å². The lowest BCUT2D eigenvalue weighted by molar-refractivity contribution is 0.0699. The van der Waals surface area contributed by atoms with Gasteiger partial charge in [-0.25, -0.2) is 14.4 Å². The fraction of sp³-hybridized carbons (Fsp3) is 0.375. The molecule has 3 heterocycles. The molecule has 0 spiro atoms. The van der Waals surface area contributed by atoms with Crippen LogP contribution in [0.5, 0.6) is 0 Å². The number of nitrogens with one attached hydrogen (secondary N) is 1. The van der Waals surface area contributed by atoms with E-state index in [0.717, 1.165) is 44.9 Å². The molecule has 0 aromatic carbocycles. The van der Waals surface area contributed by atoms with Gasteiger partial charge in [-0.3, -0.25) is 0 Å². The van der Waals surface area contributed by atoms with Crippen molar-refractivity contribution >= 4 is 17.4 Å². The largest absolute Gasteiger partial charge is 0.381 e. The van der Waals surface area contributed by atoms with E-state index in [4.69, 9.17) is 16.3 Å². The van der Waals surface area contributed by atoms with Crippen LogP contribution in [0.4, 0.5) is 14.6 Å². The molecule has 1 N–H and O–H groups in total. The van der Waals surface area contributed by atoms with E-state index in [1.165, 1.54) is 0 Å². The van der Waals surface area contributed by atoms with E-state index in [2.05, 4.69) is 15.3 Å². The zero-order valence-corrected chi connectivity index (χ0v) is 13.1. The molecule has 2 aromatic rings. The molecule has 1 saturated heterocycles. The van der Waals surface area contributed by atoms with Gasteiger partial charge in [0.05, 0.1) is 16.9 Å². The second kappa shape index (κ2) is 7.19. The molecule has 23 heavy (non-hydrogen) atoms. The van der Waals surface area contributed by atoms with Gasteiger partial charge >= 0.3 is 0 Å². The highest BCUT2D eigenvalue weighted by Crippen LogP contribution is 2.29. The molecule has 1 aliphatic heterocycles. The molecule has 0 aliphatic carbocycles. The van der Waals surface area contributed by atoms with E-state index in [9.17, 15) is 8.78 Å². The maximum atomic E-state index is 13.9.